The van der Waals surface area contributed by atoms with E-state index in [1.165, 1.54) is 0 Å². The van der Waals surface area contributed by atoms with Crippen LogP contribution in [0.15, 0.2) is 48.5 Å². The first-order valence-corrected chi connectivity index (χ1v) is 6.70. The van der Waals surface area contributed by atoms with Gasteiger partial charge in [-0.2, -0.15) is 0 Å². The van der Waals surface area contributed by atoms with Crippen molar-refractivity contribution in [3.05, 3.63) is 53.6 Å². The number of carbonyl (C=O) groups is 1. The first-order valence-electron chi connectivity index (χ1n) is 6.32. The third-order valence-corrected chi connectivity index (χ3v) is 3.41. The van der Waals surface area contributed by atoms with Crippen molar-refractivity contribution in [3.63, 3.8) is 0 Å². The second-order valence-electron chi connectivity index (χ2n) is 4.39. The Morgan fingerprint density at radius 3 is 2.75 bits per heavy atom. The number of anilines is 2. The zero-order chi connectivity index (χ0) is 13.9. The molecule has 0 unspecified atom stereocenters. The van der Waals surface area contributed by atoms with Crippen molar-refractivity contribution in [1.82, 2.24) is 0 Å². The van der Waals surface area contributed by atoms with Crippen molar-refractivity contribution in [3.8, 4) is 5.75 Å². The van der Waals surface area contributed by atoms with Crippen LogP contribution in [0.5, 0.6) is 5.75 Å². The molecule has 0 atom stereocenters. The third-order valence-electron chi connectivity index (χ3n) is 3.10. The molecule has 1 aliphatic rings. The first-order chi connectivity index (χ1) is 9.75. The van der Waals surface area contributed by atoms with Gasteiger partial charge in [0.05, 0.1) is 16.4 Å². The molecule has 2 aromatic carbocycles. The van der Waals surface area contributed by atoms with Crippen molar-refractivity contribution in [1.29, 1.82) is 0 Å². The number of rotatable bonds is 1. The summed E-state index contributed by atoms with van der Waals surface area (Å²) < 4.78 is 5.37. The molecule has 0 radical (unpaired) electrons. The number of nitrogens with one attached hydrogen (secondary N) is 1. The summed E-state index contributed by atoms with van der Waals surface area (Å²) in [4.78, 5) is 13.9. The molecule has 0 spiro atoms. The lowest BCUT2D eigenvalue weighted by Crippen LogP contribution is -2.40. The van der Waals surface area contributed by atoms with Crippen molar-refractivity contribution in [2.45, 2.75) is 0 Å². The molecule has 0 aromatic heterocycles. The highest BCUT2D eigenvalue weighted by Crippen LogP contribution is 2.30. The lowest BCUT2D eigenvalue weighted by Gasteiger charge is -2.29. The minimum atomic E-state index is -0.424. The van der Waals surface area contributed by atoms with E-state index in [-0.39, 0.29) is 0 Å². The van der Waals surface area contributed by atoms with Gasteiger partial charge in [0.1, 0.15) is 0 Å². The van der Waals surface area contributed by atoms with Crippen molar-refractivity contribution < 1.29 is 9.53 Å². The molecular formula is C15H13ClN2O2. The average molecular weight is 289 g/mol. The topological polar surface area (TPSA) is 41.6 Å². The number of benzene rings is 2. The number of fused-ring (bicyclic) bond motifs is 1. The van der Waals surface area contributed by atoms with E-state index >= 15 is 0 Å². The fourth-order valence-electron chi connectivity index (χ4n) is 2.15. The maximum Gasteiger partial charge on any atom is 0.419 e. The Hall–Kier alpha value is -2.20. The molecule has 5 heteroatoms. The lowest BCUT2D eigenvalue weighted by atomic mass is 10.2. The van der Waals surface area contributed by atoms with Gasteiger partial charge >= 0.3 is 6.09 Å². The average Bonchev–Trinajstić information content (AvgIpc) is 2.49. The monoisotopic (exact) mass is 288 g/mol. The smallest absolute Gasteiger partial charge is 0.408 e. The van der Waals surface area contributed by atoms with Gasteiger partial charge in [0.15, 0.2) is 5.75 Å². The molecule has 0 aliphatic carbocycles. The summed E-state index contributed by atoms with van der Waals surface area (Å²) in [5, 5.41) is 3.67. The number of halogens is 1. The van der Waals surface area contributed by atoms with Crippen LogP contribution in [-0.4, -0.2) is 19.2 Å². The van der Waals surface area contributed by atoms with E-state index in [1.807, 2.05) is 24.3 Å². The van der Waals surface area contributed by atoms with Gasteiger partial charge in [-0.1, -0.05) is 35.9 Å². The Morgan fingerprint density at radius 1 is 1.15 bits per heavy atom. The molecule has 0 saturated carbocycles. The van der Waals surface area contributed by atoms with Crippen molar-refractivity contribution in [2.24, 2.45) is 0 Å². The zero-order valence-corrected chi connectivity index (χ0v) is 11.4. The highest BCUT2D eigenvalue weighted by Gasteiger charge is 2.24. The third kappa shape index (κ3) is 2.42. The Balaban J connectivity index is 1.84. The summed E-state index contributed by atoms with van der Waals surface area (Å²) >= 11 is 6.00. The molecule has 1 N–H and O–H groups in total. The highest BCUT2D eigenvalue weighted by molar-refractivity contribution is 6.32. The normalized spacial score (nSPS) is 13.3. The standard InChI is InChI=1S/C15H13ClN2O2/c16-11-5-1-4-8-14(11)20-15(19)18-10-9-17-12-6-2-3-7-13(12)18/h1-8,17H,9-10H2. The summed E-state index contributed by atoms with van der Waals surface area (Å²) in [6.45, 7) is 1.24. The van der Waals surface area contributed by atoms with Gasteiger partial charge in [-0.05, 0) is 24.3 Å². The van der Waals surface area contributed by atoms with Gasteiger partial charge < -0.3 is 10.1 Å². The van der Waals surface area contributed by atoms with Crippen LogP contribution < -0.4 is 15.0 Å². The molecule has 0 bridgehead atoms. The number of ether oxygens (including phenoxy) is 1. The van der Waals surface area contributed by atoms with Crippen LogP contribution in [0.3, 0.4) is 0 Å². The van der Waals surface area contributed by atoms with Crippen LogP contribution in [0, 0.1) is 0 Å². The first kappa shape index (κ1) is 12.8. The fourth-order valence-corrected chi connectivity index (χ4v) is 2.32. The predicted octanol–water partition coefficient (Wildman–Crippen LogP) is 3.77. The van der Waals surface area contributed by atoms with Crippen LogP contribution in [0.25, 0.3) is 0 Å². The van der Waals surface area contributed by atoms with Gasteiger partial charge in [0.2, 0.25) is 0 Å². The van der Waals surface area contributed by atoms with E-state index in [0.29, 0.717) is 23.9 Å². The van der Waals surface area contributed by atoms with Crippen LogP contribution >= 0.6 is 11.6 Å². The Morgan fingerprint density at radius 2 is 1.90 bits per heavy atom. The second-order valence-corrected chi connectivity index (χ2v) is 4.80. The molecule has 2 aromatic rings. The van der Waals surface area contributed by atoms with Gasteiger partial charge in [-0.25, -0.2) is 4.79 Å². The number of para-hydroxylation sites is 3. The maximum atomic E-state index is 12.3. The largest absolute Gasteiger partial charge is 0.419 e. The van der Waals surface area contributed by atoms with E-state index in [9.17, 15) is 4.79 Å². The van der Waals surface area contributed by atoms with E-state index < -0.39 is 6.09 Å². The highest BCUT2D eigenvalue weighted by atomic mass is 35.5. The van der Waals surface area contributed by atoms with Crippen LogP contribution in [0.1, 0.15) is 0 Å². The molecule has 1 amide bonds. The molecule has 102 valence electrons. The number of hydrogen-bond donors (Lipinski definition) is 1. The molecule has 1 heterocycles. The van der Waals surface area contributed by atoms with Gasteiger partial charge in [-0.15, -0.1) is 0 Å². The Bertz CT molecular complexity index is 645. The molecular weight excluding hydrogens is 276 g/mol. The minimum Gasteiger partial charge on any atom is -0.408 e. The van der Waals surface area contributed by atoms with Crippen LogP contribution in [-0.2, 0) is 0 Å². The van der Waals surface area contributed by atoms with Gasteiger partial charge in [0, 0.05) is 13.1 Å². The zero-order valence-electron chi connectivity index (χ0n) is 10.7. The predicted molar refractivity (Wildman–Crippen MR) is 79.8 cm³/mol. The van der Waals surface area contributed by atoms with Crippen LogP contribution in [0.4, 0.5) is 16.2 Å². The number of nitrogens with zero attached hydrogens (tertiary/aromatic N) is 1. The Kier molecular flexibility index (Phi) is 3.48. The molecule has 3 rings (SSSR count). The number of hydrogen-bond acceptors (Lipinski definition) is 3. The quantitative estimate of drug-likeness (QED) is 0.868. The molecule has 4 nitrogen and oxygen atoms in total. The SMILES string of the molecule is O=C(Oc1ccccc1Cl)N1CCNc2ccccc21. The summed E-state index contributed by atoms with van der Waals surface area (Å²) in [5.74, 6) is 0.371. The van der Waals surface area contributed by atoms with E-state index in [1.54, 1.807) is 29.2 Å². The minimum absolute atomic E-state index is 0.371. The molecule has 0 fully saturated rings. The van der Waals surface area contributed by atoms with Crippen LogP contribution in [0.2, 0.25) is 5.02 Å². The van der Waals surface area contributed by atoms with Gasteiger partial charge in [0.25, 0.3) is 0 Å². The van der Waals surface area contributed by atoms with Crippen molar-refractivity contribution in [2.75, 3.05) is 23.3 Å². The number of amides is 1. The summed E-state index contributed by atoms with van der Waals surface area (Å²) in [6.07, 6.45) is -0.424. The van der Waals surface area contributed by atoms with E-state index in [0.717, 1.165) is 11.4 Å². The summed E-state index contributed by atoms with van der Waals surface area (Å²) in [7, 11) is 0. The molecule has 20 heavy (non-hydrogen) atoms. The number of carbonyl (C=O) groups excluding carboxylic acids is 1. The maximum absolute atomic E-state index is 12.3. The van der Waals surface area contributed by atoms with E-state index in [2.05, 4.69) is 5.32 Å². The second kappa shape index (κ2) is 5.43. The lowest BCUT2D eigenvalue weighted by molar-refractivity contribution is 0.207. The summed E-state index contributed by atoms with van der Waals surface area (Å²) in [5.41, 5.74) is 1.74. The van der Waals surface area contributed by atoms with E-state index in [4.69, 9.17) is 16.3 Å². The van der Waals surface area contributed by atoms with Crippen molar-refractivity contribution >= 4 is 29.1 Å². The molecule has 0 saturated heterocycles. The van der Waals surface area contributed by atoms with Gasteiger partial charge in [-0.3, -0.25) is 4.90 Å². The fraction of sp³-hybridized carbons (Fsp3) is 0.133. The molecule has 1 aliphatic heterocycles. The Labute approximate surface area is 121 Å². The summed E-state index contributed by atoms with van der Waals surface area (Å²) in [6, 6.07) is 14.6.